The molecule has 142 valence electrons. The lowest BCUT2D eigenvalue weighted by atomic mass is 10.0. The molecule has 7 heteroatoms. The minimum absolute atomic E-state index is 0.167. The molecule has 0 saturated carbocycles. The van der Waals surface area contributed by atoms with E-state index < -0.39 is 0 Å². The van der Waals surface area contributed by atoms with Gasteiger partial charge in [-0.2, -0.15) is 0 Å². The zero-order valence-corrected chi connectivity index (χ0v) is 16.6. The summed E-state index contributed by atoms with van der Waals surface area (Å²) in [5.41, 5.74) is 3.63. The summed E-state index contributed by atoms with van der Waals surface area (Å²) < 4.78 is 14.8. The van der Waals surface area contributed by atoms with Gasteiger partial charge in [0.05, 0.1) is 5.69 Å². The molecule has 0 atom stereocenters. The number of aryl methyl sites for hydroxylation is 1. The average molecular weight is 414 g/mol. The van der Waals surface area contributed by atoms with Crippen molar-refractivity contribution in [3.63, 3.8) is 0 Å². The monoisotopic (exact) mass is 413 g/mol. The summed E-state index contributed by atoms with van der Waals surface area (Å²) in [4.78, 5) is 18.4. The lowest BCUT2D eigenvalue weighted by Crippen LogP contribution is -2.15. The van der Waals surface area contributed by atoms with Crippen LogP contribution >= 0.6 is 23.4 Å². The Morgan fingerprint density at radius 3 is 2.54 bits per heavy atom. The third kappa shape index (κ3) is 3.70. The van der Waals surface area contributed by atoms with E-state index in [1.165, 1.54) is 16.6 Å². The smallest absolute Gasteiger partial charge is 0.272 e. The van der Waals surface area contributed by atoms with Crippen LogP contribution in [0.25, 0.3) is 16.8 Å². The fraction of sp³-hybridized carbons (Fsp3) is 0.143. The number of hydrogen-bond donors (Lipinski definition) is 1. The predicted molar refractivity (Wildman–Crippen MR) is 112 cm³/mol. The summed E-state index contributed by atoms with van der Waals surface area (Å²) in [5.74, 6) is 0.259. The van der Waals surface area contributed by atoms with E-state index in [4.69, 9.17) is 16.6 Å². The molecule has 0 unspecified atom stereocenters. The van der Waals surface area contributed by atoms with E-state index in [0.29, 0.717) is 28.5 Å². The number of halogens is 2. The minimum Gasteiger partial charge on any atom is -0.293 e. The quantitative estimate of drug-likeness (QED) is 0.449. The van der Waals surface area contributed by atoms with Crippen molar-refractivity contribution < 1.29 is 4.39 Å². The molecule has 0 saturated heterocycles. The van der Waals surface area contributed by atoms with Crippen molar-refractivity contribution in [2.75, 3.05) is 0 Å². The molecule has 2 aromatic carbocycles. The van der Waals surface area contributed by atoms with Gasteiger partial charge in [0.25, 0.3) is 5.56 Å². The SMILES string of the molecule is CCc1[nH]n2c(=O)cc(CSc3ccc(Cl)cc3)nc2c1-c1ccc(F)cc1. The number of hydrogen-bond acceptors (Lipinski definition) is 3. The Hall–Kier alpha value is -2.57. The molecule has 1 N–H and O–H groups in total. The van der Waals surface area contributed by atoms with Crippen LogP contribution < -0.4 is 5.56 Å². The Kier molecular flexibility index (Phi) is 5.24. The predicted octanol–water partition coefficient (Wildman–Crippen LogP) is 5.34. The molecule has 2 aromatic heterocycles. The normalized spacial score (nSPS) is 11.2. The van der Waals surface area contributed by atoms with E-state index in [2.05, 4.69) is 5.10 Å². The molecule has 0 radical (unpaired) electrons. The fourth-order valence-electron chi connectivity index (χ4n) is 3.07. The number of nitrogens with one attached hydrogen (secondary N) is 1. The molecule has 0 spiro atoms. The summed E-state index contributed by atoms with van der Waals surface area (Å²) in [5, 5.41) is 3.81. The van der Waals surface area contributed by atoms with Crippen molar-refractivity contribution in [2.45, 2.75) is 24.0 Å². The maximum absolute atomic E-state index is 13.3. The Labute approximate surface area is 170 Å². The molecule has 0 aliphatic rings. The Balaban J connectivity index is 1.75. The van der Waals surface area contributed by atoms with Crippen LogP contribution in [0.4, 0.5) is 4.39 Å². The van der Waals surface area contributed by atoms with E-state index >= 15 is 0 Å². The summed E-state index contributed by atoms with van der Waals surface area (Å²) >= 11 is 7.51. The first-order chi connectivity index (χ1) is 13.5. The molecule has 0 fully saturated rings. The number of thioether (sulfide) groups is 1. The zero-order valence-electron chi connectivity index (χ0n) is 15.1. The summed E-state index contributed by atoms with van der Waals surface area (Å²) in [7, 11) is 0. The molecule has 4 nitrogen and oxygen atoms in total. The highest BCUT2D eigenvalue weighted by Gasteiger charge is 2.16. The molecule has 4 aromatic rings. The fourth-order valence-corrected chi connectivity index (χ4v) is 3.99. The van der Waals surface area contributed by atoms with Crippen LogP contribution in [0.15, 0.2) is 64.3 Å². The number of fused-ring (bicyclic) bond motifs is 1. The number of aromatic nitrogens is 3. The van der Waals surface area contributed by atoms with Gasteiger partial charge in [-0.05, 0) is 48.4 Å². The Bertz CT molecular complexity index is 1180. The highest BCUT2D eigenvalue weighted by molar-refractivity contribution is 7.98. The van der Waals surface area contributed by atoms with Crippen molar-refractivity contribution in [1.29, 1.82) is 0 Å². The summed E-state index contributed by atoms with van der Waals surface area (Å²) in [6.45, 7) is 2.00. The lowest BCUT2D eigenvalue weighted by Gasteiger charge is -2.04. The first kappa shape index (κ1) is 18.8. The highest BCUT2D eigenvalue weighted by atomic mass is 35.5. The standard InChI is InChI=1S/C21H17ClFN3OS/c1-2-18-20(13-3-7-15(23)8-4-13)21-24-16(11-19(27)26(21)25-18)12-28-17-9-5-14(22)6-10-17/h3-11,25H,2,12H2,1H3. The van der Waals surface area contributed by atoms with Crippen molar-refractivity contribution >= 4 is 29.0 Å². The van der Waals surface area contributed by atoms with Gasteiger partial charge in [-0.1, -0.05) is 30.7 Å². The van der Waals surface area contributed by atoms with Crippen molar-refractivity contribution in [3.8, 4) is 11.1 Å². The summed E-state index contributed by atoms with van der Waals surface area (Å²) in [6, 6.07) is 15.3. The van der Waals surface area contributed by atoms with Gasteiger partial charge in [-0.3, -0.25) is 9.89 Å². The molecule has 0 amide bonds. The molecule has 4 rings (SSSR count). The van der Waals surface area contributed by atoms with E-state index in [-0.39, 0.29) is 11.4 Å². The van der Waals surface area contributed by atoms with Crippen LogP contribution in [0.5, 0.6) is 0 Å². The molecule has 0 aliphatic heterocycles. The number of benzene rings is 2. The van der Waals surface area contributed by atoms with Crippen LogP contribution in [0.1, 0.15) is 18.3 Å². The van der Waals surface area contributed by atoms with Crippen molar-refractivity contribution in [3.05, 3.63) is 87.2 Å². The average Bonchev–Trinajstić information content (AvgIpc) is 3.07. The van der Waals surface area contributed by atoms with Gasteiger partial charge >= 0.3 is 0 Å². The highest BCUT2D eigenvalue weighted by Crippen LogP contribution is 2.29. The van der Waals surface area contributed by atoms with Crippen LogP contribution in [-0.2, 0) is 12.2 Å². The third-order valence-corrected chi connectivity index (χ3v) is 5.73. The second kappa shape index (κ2) is 7.81. The topological polar surface area (TPSA) is 50.2 Å². The van der Waals surface area contributed by atoms with Crippen LogP contribution in [-0.4, -0.2) is 14.6 Å². The molecule has 28 heavy (non-hydrogen) atoms. The summed E-state index contributed by atoms with van der Waals surface area (Å²) in [6.07, 6.45) is 0.699. The maximum Gasteiger partial charge on any atom is 0.272 e. The largest absolute Gasteiger partial charge is 0.293 e. The van der Waals surface area contributed by atoms with E-state index in [9.17, 15) is 9.18 Å². The first-order valence-electron chi connectivity index (χ1n) is 8.83. The van der Waals surface area contributed by atoms with E-state index in [1.54, 1.807) is 30.0 Å². The second-order valence-corrected chi connectivity index (χ2v) is 7.80. The molecule has 2 heterocycles. The minimum atomic E-state index is -0.299. The molecular weight excluding hydrogens is 397 g/mol. The maximum atomic E-state index is 13.3. The van der Waals surface area contributed by atoms with Crippen LogP contribution in [0, 0.1) is 5.82 Å². The van der Waals surface area contributed by atoms with Gasteiger partial charge in [0.15, 0.2) is 5.65 Å². The second-order valence-electron chi connectivity index (χ2n) is 6.31. The zero-order chi connectivity index (χ0) is 19.7. The van der Waals surface area contributed by atoms with Crippen molar-refractivity contribution in [1.82, 2.24) is 14.6 Å². The number of nitrogens with zero attached hydrogens (tertiary/aromatic N) is 2. The van der Waals surface area contributed by atoms with E-state index in [1.807, 2.05) is 31.2 Å². The Morgan fingerprint density at radius 2 is 1.86 bits per heavy atom. The van der Waals surface area contributed by atoms with Crippen LogP contribution in [0.3, 0.4) is 0 Å². The van der Waals surface area contributed by atoms with E-state index in [0.717, 1.165) is 21.7 Å². The third-order valence-electron chi connectivity index (χ3n) is 4.43. The Morgan fingerprint density at radius 1 is 1.14 bits per heavy atom. The molecule has 0 bridgehead atoms. The van der Waals surface area contributed by atoms with Crippen LogP contribution in [0.2, 0.25) is 5.02 Å². The van der Waals surface area contributed by atoms with Gasteiger partial charge in [-0.25, -0.2) is 13.9 Å². The number of H-pyrrole nitrogens is 1. The van der Waals surface area contributed by atoms with Gasteiger partial charge in [0, 0.05) is 33.0 Å². The van der Waals surface area contributed by atoms with Gasteiger partial charge in [0.2, 0.25) is 0 Å². The number of rotatable bonds is 5. The van der Waals surface area contributed by atoms with Crippen molar-refractivity contribution in [2.24, 2.45) is 0 Å². The number of aromatic amines is 1. The molecular formula is C21H17ClFN3OS. The molecule has 0 aliphatic carbocycles. The lowest BCUT2D eigenvalue weighted by molar-refractivity contribution is 0.628. The first-order valence-corrected chi connectivity index (χ1v) is 10.2. The van der Waals surface area contributed by atoms with Gasteiger partial charge in [0.1, 0.15) is 5.82 Å². The van der Waals surface area contributed by atoms with Gasteiger partial charge in [-0.15, -0.1) is 11.8 Å². The van der Waals surface area contributed by atoms with Gasteiger partial charge < -0.3 is 0 Å².